The molecule has 0 spiro atoms. The second kappa shape index (κ2) is 6.46. The van der Waals surface area contributed by atoms with Gasteiger partial charge in [-0.15, -0.1) is 0 Å². The second-order valence-electron chi connectivity index (χ2n) is 4.10. The lowest BCUT2D eigenvalue weighted by molar-refractivity contribution is 0.102. The van der Waals surface area contributed by atoms with Gasteiger partial charge in [-0.05, 0) is 24.6 Å². The molecule has 2 aromatic heterocycles. The summed E-state index contributed by atoms with van der Waals surface area (Å²) in [7, 11) is 0. The van der Waals surface area contributed by atoms with E-state index >= 15 is 0 Å². The Morgan fingerprint density at radius 3 is 2.80 bits per heavy atom. The Bertz CT molecular complexity index is 633. The average Bonchev–Trinajstić information content (AvgIpc) is 2.48. The molecule has 0 bridgehead atoms. The highest BCUT2D eigenvalue weighted by Crippen LogP contribution is 2.07. The number of rotatable bonds is 5. The van der Waals surface area contributed by atoms with Crippen molar-refractivity contribution in [3.05, 3.63) is 46.4 Å². The minimum absolute atomic E-state index is 0.267. The average molecular weight is 273 g/mol. The molecule has 104 valence electrons. The van der Waals surface area contributed by atoms with Crippen molar-refractivity contribution in [3.63, 3.8) is 0 Å². The van der Waals surface area contributed by atoms with Crippen LogP contribution in [-0.2, 0) is 0 Å². The first kappa shape index (κ1) is 13.7. The lowest BCUT2D eigenvalue weighted by atomic mass is 10.3. The first-order valence-electron chi connectivity index (χ1n) is 6.27. The summed E-state index contributed by atoms with van der Waals surface area (Å²) in [5.41, 5.74) is -0.0500. The number of nitrogens with zero attached hydrogens (tertiary/aromatic N) is 2. The Hall–Kier alpha value is -2.70. The van der Waals surface area contributed by atoms with E-state index in [0.29, 0.717) is 5.82 Å². The summed E-state index contributed by atoms with van der Waals surface area (Å²) in [6.45, 7) is 2.84. The number of carbonyl (C=O) groups excluding carboxylic acids is 1. The fourth-order valence-corrected chi connectivity index (χ4v) is 1.51. The van der Waals surface area contributed by atoms with Gasteiger partial charge in [0.25, 0.3) is 11.5 Å². The van der Waals surface area contributed by atoms with Crippen molar-refractivity contribution in [2.24, 2.45) is 0 Å². The minimum Gasteiger partial charge on any atom is -0.370 e. The molecule has 1 amide bonds. The number of H-pyrrole nitrogens is 1. The third kappa shape index (κ3) is 3.64. The van der Waals surface area contributed by atoms with Crippen LogP contribution >= 0.6 is 0 Å². The maximum atomic E-state index is 12.0. The maximum Gasteiger partial charge on any atom is 0.275 e. The number of nitrogens with one attached hydrogen (secondary N) is 3. The van der Waals surface area contributed by atoms with Crippen LogP contribution in [0.2, 0.25) is 0 Å². The number of amides is 1. The number of hydrogen-bond acceptors (Lipinski definition) is 5. The predicted octanol–water partition coefficient (Wildman–Crippen LogP) is 1.24. The van der Waals surface area contributed by atoms with E-state index in [1.165, 1.54) is 12.1 Å². The Balaban J connectivity index is 2.08. The molecule has 0 atom stereocenters. The Morgan fingerprint density at radius 1 is 1.25 bits per heavy atom. The third-order valence-electron chi connectivity index (χ3n) is 2.46. The highest BCUT2D eigenvalue weighted by molar-refractivity contribution is 6.02. The molecule has 0 aliphatic carbocycles. The monoisotopic (exact) mass is 273 g/mol. The van der Waals surface area contributed by atoms with Crippen LogP contribution < -0.4 is 16.2 Å². The second-order valence-corrected chi connectivity index (χ2v) is 4.10. The van der Waals surface area contributed by atoms with Crippen molar-refractivity contribution >= 4 is 17.5 Å². The number of hydrogen-bond donors (Lipinski definition) is 3. The van der Waals surface area contributed by atoms with Gasteiger partial charge < -0.3 is 10.6 Å². The number of pyridine rings is 1. The molecule has 0 saturated carbocycles. The molecule has 0 unspecified atom stereocenters. The first-order valence-corrected chi connectivity index (χ1v) is 6.27. The summed E-state index contributed by atoms with van der Waals surface area (Å²) in [5, 5.41) is 11.6. The van der Waals surface area contributed by atoms with Gasteiger partial charge >= 0.3 is 0 Å². The van der Waals surface area contributed by atoms with E-state index in [-0.39, 0.29) is 23.0 Å². The van der Waals surface area contributed by atoms with Crippen LogP contribution in [0.15, 0.2) is 35.1 Å². The Morgan fingerprint density at radius 2 is 2.10 bits per heavy atom. The van der Waals surface area contributed by atoms with Crippen molar-refractivity contribution in [1.29, 1.82) is 0 Å². The van der Waals surface area contributed by atoms with Gasteiger partial charge in [0, 0.05) is 12.6 Å². The van der Waals surface area contributed by atoms with E-state index in [0.717, 1.165) is 13.0 Å². The molecule has 7 nitrogen and oxygen atoms in total. The molecule has 0 aliphatic rings. The lowest BCUT2D eigenvalue weighted by Gasteiger charge is -2.06. The van der Waals surface area contributed by atoms with E-state index in [9.17, 15) is 9.59 Å². The third-order valence-corrected chi connectivity index (χ3v) is 2.46. The predicted molar refractivity (Wildman–Crippen MR) is 75.8 cm³/mol. The van der Waals surface area contributed by atoms with Crippen molar-refractivity contribution < 1.29 is 4.79 Å². The SMILES string of the molecule is CCCNc1cccc(C(=O)Nc2ccc(=O)[nH]n2)n1. The summed E-state index contributed by atoms with van der Waals surface area (Å²) in [6, 6.07) is 7.87. The highest BCUT2D eigenvalue weighted by Gasteiger charge is 2.09. The van der Waals surface area contributed by atoms with E-state index in [4.69, 9.17) is 0 Å². The van der Waals surface area contributed by atoms with Gasteiger partial charge in [-0.3, -0.25) is 9.59 Å². The van der Waals surface area contributed by atoms with Gasteiger partial charge in [0.1, 0.15) is 11.5 Å². The number of anilines is 2. The summed E-state index contributed by atoms with van der Waals surface area (Å²) < 4.78 is 0. The molecular weight excluding hydrogens is 258 g/mol. The molecule has 0 radical (unpaired) electrons. The van der Waals surface area contributed by atoms with Gasteiger partial charge in [0.15, 0.2) is 5.82 Å². The van der Waals surface area contributed by atoms with E-state index in [1.807, 2.05) is 6.92 Å². The maximum absolute atomic E-state index is 12.0. The van der Waals surface area contributed by atoms with Crippen LogP contribution in [0.25, 0.3) is 0 Å². The quantitative estimate of drug-likeness (QED) is 0.761. The number of carbonyl (C=O) groups is 1. The van der Waals surface area contributed by atoms with E-state index in [2.05, 4.69) is 25.8 Å². The molecule has 2 aromatic rings. The largest absolute Gasteiger partial charge is 0.370 e. The van der Waals surface area contributed by atoms with Crippen LogP contribution in [-0.4, -0.2) is 27.6 Å². The standard InChI is InChI=1S/C13H15N5O2/c1-2-8-14-10-5-3-4-9(15-10)13(20)16-11-6-7-12(19)18-17-11/h3-7H,2,8H2,1H3,(H,14,15)(H,18,19)(H,16,17,20). The lowest BCUT2D eigenvalue weighted by Crippen LogP contribution is -2.17. The fraction of sp³-hybridized carbons (Fsp3) is 0.231. The molecule has 7 heteroatoms. The van der Waals surface area contributed by atoms with Gasteiger partial charge in [-0.2, -0.15) is 5.10 Å². The zero-order chi connectivity index (χ0) is 14.4. The molecule has 0 aromatic carbocycles. The summed E-state index contributed by atoms with van der Waals surface area (Å²) in [6.07, 6.45) is 0.972. The molecule has 20 heavy (non-hydrogen) atoms. The molecule has 0 saturated heterocycles. The fourth-order valence-electron chi connectivity index (χ4n) is 1.51. The zero-order valence-electron chi connectivity index (χ0n) is 11.0. The van der Waals surface area contributed by atoms with Gasteiger partial charge in [0.2, 0.25) is 0 Å². The molecule has 2 rings (SSSR count). The van der Waals surface area contributed by atoms with E-state index in [1.54, 1.807) is 18.2 Å². The summed E-state index contributed by atoms with van der Waals surface area (Å²) >= 11 is 0. The smallest absolute Gasteiger partial charge is 0.275 e. The molecule has 3 N–H and O–H groups in total. The van der Waals surface area contributed by atoms with E-state index < -0.39 is 0 Å². The molecule has 0 fully saturated rings. The van der Waals surface area contributed by atoms with Crippen LogP contribution in [0, 0.1) is 0 Å². The minimum atomic E-state index is -0.385. The van der Waals surface area contributed by atoms with Crippen LogP contribution in [0.4, 0.5) is 11.6 Å². The zero-order valence-corrected chi connectivity index (χ0v) is 11.0. The number of aromatic amines is 1. The van der Waals surface area contributed by atoms with Gasteiger partial charge in [-0.1, -0.05) is 13.0 Å². The van der Waals surface area contributed by atoms with Crippen molar-refractivity contribution in [2.45, 2.75) is 13.3 Å². The van der Waals surface area contributed by atoms with Gasteiger partial charge in [-0.25, -0.2) is 10.1 Å². The first-order chi connectivity index (χ1) is 9.69. The Labute approximate surface area is 115 Å². The van der Waals surface area contributed by atoms with Crippen LogP contribution in [0.3, 0.4) is 0 Å². The summed E-state index contributed by atoms with van der Waals surface area (Å²) in [4.78, 5) is 27.1. The normalized spacial score (nSPS) is 10.1. The highest BCUT2D eigenvalue weighted by atomic mass is 16.2. The van der Waals surface area contributed by atoms with Gasteiger partial charge in [0.05, 0.1) is 0 Å². The van der Waals surface area contributed by atoms with Crippen LogP contribution in [0.1, 0.15) is 23.8 Å². The van der Waals surface area contributed by atoms with Crippen molar-refractivity contribution in [3.8, 4) is 0 Å². The van der Waals surface area contributed by atoms with Crippen LogP contribution in [0.5, 0.6) is 0 Å². The Kier molecular flexibility index (Phi) is 4.43. The molecule has 0 aliphatic heterocycles. The van der Waals surface area contributed by atoms with Crippen molar-refractivity contribution in [1.82, 2.24) is 15.2 Å². The summed E-state index contributed by atoms with van der Waals surface area (Å²) in [5.74, 6) is 0.530. The van der Waals surface area contributed by atoms with Crippen molar-refractivity contribution in [2.75, 3.05) is 17.2 Å². The number of aromatic nitrogens is 3. The molecule has 2 heterocycles. The molecular formula is C13H15N5O2. The topological polar surface area (TPSA) is 99.8 Å².